The summed E-state index contributed by atoms with van der Waals surface area (Å²) in [5.74, 6) is -1.32. The topological polar surface area (TPSA) is 66.4 Å². The predicted octanol–water partition coefficient (Wildman–Crippen LogP) is 2.48. The Labute approximate surface area is 119 Å². The zero-order valence-electron chi connectivity index (χ0n) is 11.8. The Balaban J connectivity index is 2.12. The van der Waals surface area contributed by atoms with Crippen LogP contribution in [-0.2, 0) is 16.0 Å². The minimum absolute atomic E-state index is 0.155. The van der Waals surface area contributed by atoms with Gasteiger partial charge >= 0.3 is 5.97 Å². The summed E-state index contributed by atoms with van der Waals surface area (Å²) in [5, 5.41) is 11.8. The van der Waals surface area contributed by atoms with Gasteiger partial charge in [0.15, 0.2) is 0 Å². The van der Waals surface area contributed by atoms with Gasteiger partial charge < -0.3 is 10.4 Å². The average Bonchev–Trinajstić information content (AvgIpc) is 2.46. The first-order chi connectivity index (χ1) is 9.63. The predicted molar refractivity (Wildman–Crippen MR) is 76.6 cm³/mol. The molecule has 108 valence electrons. The first-order valence-electron chi connectivity index (χ1n) is 7.24. The number of aryl methyl sites for hydroxylation is 1. The summed E-state index contributed by atoms with van der Waals surface area (Å²) >= 11 is 0. The number of carboxylic acids is 1. The molecule has 0 aliphatic heterocycles. The molecule has 1 aliphatic carbocycles. The van der Waals surface area contributed by atoms with Crippen molar-refractivity contribution in [3.05, 3.63) is 35.4 Å². The van der Waals surface area contributed by atoms with Crippen molar-refractivity contribution >= 4 is 11.9 Å². The molecular weight excluding hydrogens is 254 g/mol. The van der Waals surface area contributed by atoms with Crippen LogP contribution in [0.2, 0.25) is 0 Å². The van der Waals surface area contributed by atoms with Gasteiger partial charge in [-0.25, -0.2) is 4.79 Å². The van der Waals surface area contributed by atoms with Gasteiger partial charge in [-0.3, -0.25) is 4.79 Å². The Bertz CT molecular complexity index is 498. The molecule has 4 nitrogen and oxygen atoms in total. The number of hydrogen-bond acceptors (Lipinski definition) is 2. The number of hydrogen-bond donors (Lipinski definition) is 2. The van der Waals surface area contributed by atoms with Crippen LogP contribution in [0.3, 0.4) is 0 Å². The lowest BCUT2D eigenvalue weighted by atomic mass is 9.82. The first kappa shape index (κ1) is 14.6. The van der Waals surface area contributed by atoms with Crippen molar-refractivity contribution in [2.45, 2.75) is 51.0 Å². The second kappa shape index (κ2) is 6.55. The van der Waals surface area contributed by atoms with Gasteiger partial charge in [-0.2, -0.15) is 0 Å². The molecule has 1 aromatic rings. The van der Waals surface area contributed by atoms with Crippen LogP contribution in [0.15, 0.2) is 24.3 Å². The number of benzene rings is 1. The maximum Gasteiger partial charge on any atom is 0.326 e. The normalized spacial score (nSPS) is 18.9. The third-order valence-electron chi connectivity index (χ3n) is 3.88. The minimum atomic E-state index is -0.954. The molecule has 1 aliphatic rings. The van der Waals surface area contributed by atoms with Crippen molar-refractivity contribution in [1.82, 2.24) is 5.32 Å². The molecule has 0 aromatic heterocycles. The zero-order chi connectivity index (χ0) is 14.5. The van der Waals surface area contributed by atoms with Gasteiger partial charge in [0.25, 0.3) is 0 Å². The fourth-order valence-electron chi connectivity index (χ4n) is 2.84. The second-order valence-electron chi connectivity index (χ2n) is 5.33. The average molecular weight is 275 g/mol. The lowest BCUT2D eigenvalue weighted by Crippen LogP contribution is -2.43. The van der Waals surface area contributed by atoms with Gasteiger partial charge in [0.1, 0.15) is 6.04 Å². The van der Waals surface area contributed by atoms with Crippen LogP contribution in [0, 0.1) is 0 Å². The molecule has 1 amide bonds. The summed E-state index contributed by atoms with van der Waals surface area (Å²) in [6.45, 7) is 1.91. The van der Waals surface area contributed by atoms with E-state index in [1.54, 1.807) is 0 Å². The maximum absolute atomic E-state index is 12.4. The number of rotatable bonds is 5. The SMILES string of the molecule is CCC[C@@H](NC(=O)C1CCCc2ccccc21)C(=O)O. The molecule has 0 fully saturated rings. The van der Waals surface area contributed by atoms with Gasteiger partial charge in [-0.05, 0) is 36.8 Å². The van der Waals surface area contributed by atoms with Gasteiger partial charge in [-0.15, -0.1) is 0 Å². The van der Waals surface area contributed by atoms with Crippen LogP contribution in [0.4, 0.5) is 0 Å². The number of carbonyl (C=O) groups excluding carboxylic acids is 1. The number of carbonyl (C=O) groups is 2. The van der Waals surface area contributed by atoms with Crippen LogP contribution in [0.1, 0.15) is 49.7 Å². The van der Waals surface area contributed by atoms with Crippen molar-refractivity contribution in [3.63, 3.8) is 0 Å². The molecule has 0 saturated carbocycles. The summed E-state index contributed by atoms with van der Waals surface area (Å²) in [6, 6.07) is 7.17. The van der Waals surface area contributed by atoms with Crippen molar-refractivity contribution in [2.24, 2.45) is 0 Å². The Kier molecular flexibility index (Phi) is 4.77. The van der Waals surface area contributed by atoms with E-state index in [2.05, 4.69) is 11.4 Å². The fourth-order valence-corrected chi connectivity index (χ4v) is 2.84. The maximum atomic E-state index is 12.4. The Hall–Kier alpha value is -1.84. The van der Waals surface area contributed by atoms with Crippen LogP contribution >= 0.6 is 0 Å². The van der Waals surface area contributed by atoms with Gasteiger partial charge in [0.05, 0.1) is 5.92 Å². The number of aliphatic carboxylic acids is 1. The highest BCUT2D eigenvalue weighted by Gasteiger charge is 2.29. The molecule has 2 N–H and O–H groups in total. The van der Waals surface area contributed by atoms with E-state index in [-0.39, 0.29) is 11.8 Å². The quantitative estimate of drug-likeness (QED) is 0.867. The summed E-state index contributed by atoms with van der Waals surface area (Å²) < 4.78 is 0. The minimum Gasteiger partial charge on any atom is -0.480 e. The molecule has 20 heavy (non-hydrogen) atoms. The van der Waals surface area contributed by atoms with Crippen molar-refractivity contribution in [3.8, 4) is 0 Å². The number of carboxylic acid groups (broad SMARTS) is 1. The molecular formula is C16H21NO3. The Morgan fingerprint density at radius 3 is 2.85 bits per heavy atom. The molecule has 1 aromatic carbocycles. The van der Waals surface area contributed by atoms with E-state index in [0.717, 1.165) is 31.2 Å². The van der Waals surface area contributed by atoms with Crippen molar-refractivity contribution < 1.29 is 14.7 Å². The molecule has 4 heteroatoms. The lowest BCUT2D eigenvalue weighted by molar-refractivity contribution is -0.142. The number of amides is 1. The summed E-state index contributed by atoms with van der Waals surface area (Å²) in [6.07, 6.45) is 3.97. The Morgan fingerprint density at radius 2 is 2.15 bits per heavy atom. The van der Waals surface area contributed by atoms with Gasteiger partial charge in [0.2, 0.25) is 5.91 Å². The second-order valence-corrected chi connectivity index (χ2v) is 5.33. The third kappa shape index (κ3) is 3.18. The van der Waals surface area contributed by atoms with Crippen molar-refractivity contribution in [2.75, 3.05) is 0 Å². The van der Waals surface area contributed by atoms with Gasteiger partial charge in [0, 0.05) is 0 Å². The van der Waals surface area contributed by atoms with E-state index < -0.39 is 12.0 Å². The highest BCUT2D eigenvalue weighted by molar-refractivity contribution is 5.88. The number of nitrogens with one attached hydrogen (secondary N) is 1. The highest BCUT2D eigenvalue weighted by atomic mass is 16.4. The third-order valence-corrected chi connectivity index (χ3v) is 3.88. The standard InChI is InChI=1S/C16H21NO3/c1-2-6-14(16(19)20)17-15(18)13-10-5-8-11-7-3-4-9-12(11)13/h3-4,7,9,13-14H,2,5-6,8,10H2,1H3,(H,17,18)(H,19,20)/t13?,14-/m1/s1. The Morgan fingerprint density at radius 1 is 1.40 bits per heavy atom. The van der Waals surface area contributed by atoms with Crippen LogP contribution < -0.4 is 5.32 Å². The van der Waals surface area contributed by atoms with Crippen LogP contribution in [0.5, 0.6) is 0 Å². The fraction of sp³-hybridized carbons (Fsp3) is 0.500. The molecule has 0 saturated heterocycles. The molecule has 1 unspecified atom stereocenters. The zero-order valence-corrected chi connectivity index (χ0v) is 11.8. The van der Waals surface area contributed by atoms with E-state index >= 15 is 0 Å². The molecule has 2 rings (SSSR count). The molecule has 2 atom stereocenters. The van der Waals surface area contributed by atoms with Crippen LogP contribution in [-0.4, -0.2) is 23.0 Å². The number of fused-ring (bicyclic) bond motifs is 1. The van der Waals surface area contributed by atoms with E-state index in [0.29, 0.717) is 6.42 Å². The monoisotopic (exact) mass is 275 g/mol. The van der Waals surface area contributed by atoms with Gasteiger partial charge in [-0.1, -0.05) is 37.6 Å². The molecule has 0 radical (unpaired) electrons. The largest absolute Gasteiger partial charge is 0.480 e. The highest BCUT2D eigenvalue weighted by Crippen LogP contribution is 2.31. The smallest absolute Gasteiger partial charge is 0.326 e. The van der Waals surface area contributed by atoms with E-state index in [1.807, 2.05) is 25.1 Å². The molecule has 0 heterocycles. The van der Waals surface area contributed by atoms with E-state index in [4.69, 9.17) is 5.11 Å². The van der Waals surface area contributed by atoms with Crippen molar-refractivity contribution in [1.29, 1.82) is 0 Å². The molecule has 0 bridgehead atoms. The summed E-state index contributed by atoms with van der Waals surface area (Å²) in [7, 11) is 0. The first-order valence-corrected chi connectivity index (χ1v) is 7.24. The van der Waals surface area contributed by atoms with Crippen LogP contribution in [0.25, 0.3) is 0 Å². The summed E-state index contributed by atoms with van der Waals surface area (Å²) in [5.41, 5.74) is 2.26. The lowest BCUT2D eigenvalue weighted by Gasteiger charge is -2.26. The molecule has 0 spiro atoms. The van der Waals surface area contributed by atoms with E-state index in [9.17, 15) is 9.59 Å². The summed E-state index contributed by atoms with van der Waals surface area (Å²) in [4.78, 5) is 23.5. The van der Waals surface area contributed by atoms with E-state index in [1.165, 1.54) is 5.56 Å².